The van der Waals surface area contributed by atoms with Crippen molar-refractivity contribution in [3.05, 3.63) is 89.9 Å². The number of aryl methyl sites for hydroxylation is 1. The van der Waals surface area contributed by atoms with Gasteiger partial charge in [0, 0.05) is 29.4 Å². The summed E-state index contributed by atoms with van der Waals surface area (Å²) in [5, 5.41) is 3.60. The van der Waals surface area contributed by atoms with Gasteiger partial charge >= 0.3 is 0 Å². The maximum atomic E-state index is 14.3. The van der Waals surface area contributed by atoms with Crippen LogP contribution in [0.3, 0.4) is 0 Å². The van der Waals surface area contributed by atoms with Crippen LogP contribution in [0.25, 0.3) is 10.1 Å². The predicted octanol–water partition coefficient (Wildman–Crippen LogP) is 4.57. The molecule has 1 amide bonds. The van der Waals surface area contributed by atoms with E-state index in [2.05, 4.69) is 9.69 Å². The lowest BCUT2D eigenvalue weighted by Gasteiger charge is -2.22. The van der Waals surface area contributed by atoms with E-state index < -0.39 is 28.3 Å². The number of hydrogen-bond donors (Lipinski definition) is 1. The predicted molar refractivity (Wildman–Crippen MR) is 123 cm³/mol. The number of hydrogen-bond acceptors (Lipinski definition) is 5. The minimum atomic E-state index is -4.05. The van der Waals surface area contributed by atoms with E-state index in [4.69, 9.17) is 0 Å². The minimum absolute atomic E-state index is 0.0398. The maximum Gasteiger partial charge on any atom is 0.243 e. The number of halogens is 1. The molecule has 9 heteroatoms. The highest BCUT2D eigenvalue weighted by molar-refractivity contribution is 7.89. The van der Waals surface area contributed by atoms with Gasteiger partial charge in [0.25, 0.3) is 0 Å². The van der Waals surface area contributed by atoms with Gasteiger partial charge in [-0.25, -0.2) is 12.8 Å². The van der Waals surface area contributed by atoms with Crippen molar-refractivity contribution in [1.82, 2.24) is 8.68 Å². The van der Waals surface area contributed by atoms with Gasteiger partial charge in [-0.1, -0.05) is 35.9 Å². The highest BCUT2D eigenvalue weighted by Crippen LogP contribution is 2.23. The van der Waals surface area contributed by atoms with E-state index in [1.165, 1.54) is 41.9 Å². The number of rotatable bonds is 7. The van der Waals surface area contributed by atoms with Crippen LogP contribution in [0.4, 0.5) is 10.1 Å². The lowest BCUT2D eigenvalue weighted by molar-refractivity contribution is -0.116. The third kappa shape index (κ3) is 4.85. The Morgan fingerprint density at radius 2 is 1.84 bits per heavy atom. The number of amides is 1. The van der Waals surface area contributed by atoms with Crippen molar-refractivity contribution >= 4 is 43.2 Å². The van der Waals surface area contributed by atoms with E-state index in [0.29, 0.717) is 5.69 Å². The van der Waals surface area contributed by atoms with Gasteiger partial charge in [-0.05, 0) is 54.9 Å². The Balaban J connectivity index is 1.61. The number of sulfonamides is 1. The number of benzene rings is 3. The Labute approximate surface area is 189 Å². The highest BCUT2D eigenvalue weighted by Gasteiger charge is 2.27. The fourth-order valence-electron chi connectivity index (χ4n) is 3.21. The molecule has 3 aromatic carbocycles. The van der Waals surface area contributed by atoms with Gasteiger partial charge in [-0.3, -0.25) is 4.79 Å². The lowest BCUT2D eigenvalue weighted by atomic mass is 10.2. The largest absolute Gasteiger partial charge is 0.325 e. The molecule has 164 valence electrons. The number of nitrogens with one attached hydrogen (secondary N) is 1. The molecule has 4 aromatic rings. The molecule has 0 atom stereocenters. The number of fused-ring (bicyclic) bond motifs is 1. The van der Waals surface area contributed by atoms with Crippen molar-refractivity contribution in [3.8, 4) is 0 Å². The van der Waals surface area contributed by atoms with Crippen molar-refractivity contribution in [2.45, 2.75) is 18.4 Å². The molecule has 0 saturated carbocycles. The Bertz CT molecular complexity index is 1370. The van der Waals surface area contributed by atoms with E-state index in [-0.39, 0.29) is 17.0 Å². The van der Waals surface area contributed by atoms with Crippen LogP contribution in [-0.4, -0.2) is 29.5 Å². The van der Waals surface area contributed by atoms with Crippen molar-refractivity contribution < 1.29 is 17.6 Å². The molecule has 0 aliphatic carbocycles. The third-order valence-corrected chi connectivity index (χ3v) is 7.50. The van der Waals surface area contributed by atoms with E-state index in [0.717, 1.165) is 20.0 Å². The molecule has 0 spiro atoms. The van der Waals surface area contributed by atoms with E-state index in [9.17, 15) is 17.6 Å². The molecule has 4 rings (SSSR count). The van der Waals surface area contributed by atoms with Crippen molar-refractivity contribution in [3.63, 3.8) is 0 Å². The Morgan fingerprint density at radius 1 is 1.09 bits per heavy atom. The van der Waals surface area contributed by atoms with Crippen LogP contribution in [0.2, 0.25) is 0 Å². The monoisotopic (exact) mass is 469 g/mol. The molecule has 0 unspecified atom stereocenters. The summed E-state index contributed by atoms with van der Waals surface area (Å²) in [6.45, 7) is 1.11. The van der Waals surface area contributed by atoms with Crippen LogP contribution in [0.15, 0.2) is 77.8 Å². The first kappa shape index (κ1) is 22.1. The number of carbonyl (C=O) groups excluding carboxylic acids is 1. The quantitative estimate of drug-likeness (QED) is 0.430. The van der Waals surface area contributed by atoms with E-state index in [1.807, 2.05) is 13.0 Å². The van der Waals surface area contributed by atoms with Gasteiger partial charge in [0.15, 0.2) is 0 Å². The van der Waals surface area contributed by atoms with Crippen molar-refractivity contribution in [1.29, 1.82) is 0 Å². The summed E-state index contributed by atoms with van der Waals surface area (Å²) in [5.74, 6) is -1.06. The van der Waals surface area contributed by atoms with Gasteiger partial charge < -0.3 is 5.32 Å². The molecule has 1 N–H and O–H groups in total. The second-order valence-corrected chi connectivity index (χ2v) is 10.1. The summed E-state index contributed by atoms with van der Waals surface area (Å²) in [7, 11) is -4.05. The molecule has 0 aliphatic rings. The second kappa shape index (κ2) is 9.15. The molecule has 32 heavy (non-hydrogen) atoms. The van der Waals surface area contributed by atoms with Gasteiger partial charge in [0.05, 0.1) is 16.1 Å². The summed E-state index contributed by atoms with van der Waals surface area (Å²) in [6, 6.07) is 17.6. The molecule has 6 nitrogen and oxygen atoms in total. The van der Waals surface area contributed by atoms with Gasteiger partial charge in [0.1, 0.15) is 5.82 Å². The zero-order chi connectivity index (χ0) is 22.7. The zero-order valence-corrected chi connectivity index (χ0v) is 18.8. The first-order valence-corrected chi connectivity index (χ1v) is 12.0. The van der Waals surface area contributed by atoms with E-state index >= 15 is 0 Å². The molecule has 0 bridgehead atoms. The molecule has 0 fully saturated rings. The summed E-state index contributed by atoms with van der Waals surface area (Å²) >= 11 is 1.34. The first-order valence-electron chi connectivity index (χ1n) is 9.77. The molecule has 1 aromatic heterocycles. The highest BCUT2D eigenvalue weighted by atomic mass is 32.2. The van der Waals surface area contributed by atoms with Crippen LogP contribution < -0.4 is 5.32 Å². The number of nitrogens with zero attached hydrogens (tertiary/aromatic N) is 2. The Morgan fingerprint density at radius 3 is 2.59 bits per heavy atom. The molecular formula is C23H20FN3O3S2. The van der Waals surface area contributed by atoms with Crippen LogP contribution in [0.1, 0.15) is 11.1 Å². The van der Waals surface area contributed by atoms with Gasteiger partial charge in [-0.2, -0.15) is 8.68 Å². The number of carbonyl (C=O) groups is 1. The lowest BCUT2D eigenvalue weighted by Crippen LogP contribution is -2.37. The average molecular weight is 470 g/mol. The fourth-order valence-corrected chi connectivity index (χ4v) is 5.21. The third-order valence-electron chi connectivity index (χ3n) is 4.92. The Kier molecular flexibility index (Phi) is 6.31. The normalized spacial score (nSPS) is 11.7. The Hall–Kier alpha value is -3.14. The fraction of sp³-hybridized carbons (Fsp3) is 0.130. The topological polar surface area (TPSA) is 79.4 Å². The number of aromatic nitrogens is 1. The van der Waals surface area contributed by atoms with Crippen LogP contribution >= 0.6 is 11.5 Å². The summed E-state index contributed by atoms with van der Waals surface area (Å²) in [4.78, 5) is 12.8. The SMILES string of the molecule is Cc1ccc(S(=O)(=O)N(CC(=O)Nc2ccc3sncc3c2)Cc2ccccc2F)cc1. The zero-order valence-electron chi connectivity index (χ0n) is 17.2. The number of anilines is 1. The second-order valence-electron chi connectivity index (χ2n) is 7.30. The summed E-state index contributed by atoms with van der Waals surface area (Å²) in [5.41, 5.74) is 1.61. The standard InChI is InChI=1S/C23H20FN3O3S2/c1-16-6-9-20(10-7-16)32(29,30)27(14-17-4-2-3-5-21(17)24)15-23(28)26-19-8-11-22-18(12-19)13-25-31-22/h2-13H,14-15H2,1H3,(H,26,28). The van der Waals surface area contributed by atoms with Crippen molar-refractivity contribution in [2.24, 2.45) is 0 Å². The molecule has 0 aliphatic heterocycles. The molecule has 0 saturated heterocycles. The maximum absolute atomic E-state index is 14.3. The van der Waals surface area contributed by atoms with Crippen LogP contribution in [-0.2, 0) is 21.4 Å². The van der Waals surface area contributed by atoms with Crippen LogP contribution in [0, 0.1) is 12.7 Å². The smallest absolute Gasteiger partial charge is 0.243 e. The molecule has 1 heterocycles. The van der Waals surface area contributed by atoms with Gasteiger partial charge in [-0.15, -0.1) is 0 Å². The summed E-state index contributed by atoms with van der Waals surface area (Å²) in [6.07, 6.45) is 1.70. The first-order chi connectivity index (χ1) is 15.3. The summed E-state index contributed by atoms with van der Waals surface area (Å²) < 4.78 is 46.9. The molecule has 0 radical (unpaired) electrons. The minimum Gasteiger partial charge on any atom is -0.325 e. The average Bonchev–Trinajstić information content (AvgIpc) is 3.23. The van der Waals surface area contributed by atoms with Crippen LogP contribution in [0.5, 0.6) is 0 Å². The molecular weight excluding hydrogens is 449 g/mol. The van der Waals surface area contributed by atoms with E-state index in [1.54, 1.807) is 36.5 Å². The van der Waals surface area contributed by atoms with Crippen molar-refractivity contribution in [2.75, 3.05) is 11.9 Å². The van der Waals surface area contributed by atoms with Gasteiger partial charge in [0.2, 0.25) is 15.9 Å².